The highest BCUT2D eigenvalue weighted by Crippen LogP contribution is 2.26. The van der Waals surface area contributed by atoms with E-state index in [9.17, 15) is 18.0 Å². The number of H-pyrrole nitrogens is 1. The number of hydrogen-bond acceptors (Lipinski definition) is 3. The third-order valence-corrected chi connectivity index (χ3v) is 2.99. The van der Waals surface area contributed by atoms with E-state index in [2.05, 4.69) is 4.98 Å². The topological polar surface area (TPSA) is 49.0 Å². The molecule has 0 saturated heterocycles. The Bertz CT molecular complexity index is 500. The Morgan fingerprint density at radius 2 is 2.17 bits per heavy atom. The standard InChI is InChI=1S/C10H11ClF3N3O/c11-2-4-17-3-1-6-7(5-17)15-9(10(12,13)14)16-8(6)18/h1-5H2,(H,15,16,18). The average Bonchev–Trinajstić information content (AvgIpc) is 2.27. The van der Waals surface area contributed by atoms with Gasteiger partial charge in [0, 0.05) is 31.1 Å². The number of nitrogens with zero attached hydrogens (tertiary/aromatic N) is 2. The Morgan fingerprint density at radius 3 is 2.78 bits per heavy atom. The van der Waals surface area contributed by atoms with Crippen molar-refractivity contribution in [3.8, 4) is 0 Å². The molecule has 0 radical (unpaired) electrons. The fraction of sp³-hybridized carbons (Fsp3) is 0.600. The minimum atomic E-state index is -4.64. The number of fused-ring (bicyclic) bond motifs is 1. The largest absolute Gasteiger partial charge is 0.449 e. The molecular weight excluding hydrogens is 271 g/mol. The van der Waals surface area contributed by atoms with Crippen LogP contribution in [0.25, 0.3) is 0 Å². The summed E-state index contributed by atoms with van der Waals surface area (Å²) in [6, 6.07) is 0. The van der Waals surface area contributed by atoms with Crippen LogP contribution in [0.15, 0.2) is 4.79 Å². The molecule has 2 heterocycles. The quantitative estimate of drug-likeness (QED) is 0.834. The first-order valence-corrected chi connectivity index (χ1v) is 5.93. The third kappa shape index (κ3) is 2.67. The van der Waals surface area contributed by atoms with Gasteiger partial charge in [0.25, 0.3) is 5.56 Å². The maximum Gasteiger partial charge on any atom is 0.449 e. The number of nitrogens with one attached hydrogen (secondary N) is 1. The van der Waals surface area contributed by atoms with Gasteiger partial charge < -0.3 is 4.98 Å². The number of hydrogen-bond donors (Lipinski definition) is 1. The van der Waals surface area contributed by atoms with Crippen LogP contribution in [-0.4, -0.2) is 33.8 Å². The van der Waals surface area contributed by atoms with Gasteiger partial charge in [0.1, 0.15) is 0 Å². The Balaban J connectivity index is 2.37. The molecule has 0 aromatic carbocycles. The first-order valence-electron chi connectivity index (χ1n) is 5.39. The summed E-state index contributed by atoms with van der Waals surface area (Å²) >= 11 is 5.59. The second kappa shape index (κ2) is 4.89. The fourth-order valence-electron chi connectivity index (χ4n) is 1.94. The molecule has 8 heteroatoms. The van der Waals surface area contributed by atoms with Crippen LogP contribution in [0.2, 0.25) is 0 Å². The van der Waals surface area contributed by atoms with E-state index in [-0.39, 0.29) is 12.2 Å². The predicted octanol–water partition coefficient (Wildman–Crippen LogP) is 1.39. The van der Waals surface area contributed by atoms with Gasteiger partial charge >= 0.3 is 6.18 Å². The smallest absolute Gasteiger partial charge is 0.303 e. The van der Waals surface area contributed by atoms with Crippen molar-refractivity contribution in [2.75, 3.05) is 19.0 Å². The molecule has 1 aliphatic heterocycles. The zero-order valence-electron chi connectivity index (χ0n) is 9.35. The Morgan fingerprint density at radius 1 is 1.44 bits per heavy atom. The molecule has 4 nitrogen and oxygen atoms in total. The van der Waals surface area contributed by atoms with E-state index in [1.807, 2.05) is 4.90 Å². The molecule has 100 valence electrons. The number of rotatable bonds is 2. The second-order valence-corrected chi connectivity index (χ2v) is 4.43. The van der Waals surface area contributed by atoms with Gasteiger partial charge in [-0.2, -0.15) is 13.2 Å². The fourth-order valence-corrected chi connectivity index (χ4v) is 2.18. The van der Waals surface area contributed by atoms with E-state index in [0.717, 1.165) is 0 Å². The van der Waals surface area contributed by atoms with Crippen molar-refractivity contribution in [2.45, 2.75) is 19.1 Å². The minimum absolute atomic E-state index is 0.197. The molecule has 0 bridgehead atoms. The Hall–Kier alpha value is -1.08. The van der Waals surface area contributed by atoms with Crippen LogP contribution in [-0.2, 0) is 19.1 Å². The van der Waals surface area contributed by atoms with E-state index >= 15 is 0 Å². The van der Waals surface area contributed by atoms with Crippen LogP contribution in [0.5, 0.6) is 0 Å². The molecule has 0 aliphatic carbocycles. The SMILES string of the molecule is O=c1[nH]c(C(F)(F)F)nc2c1CCN(CCCl)C2. The van der Waals surface area contributed by atoms with Crippen molar-refractivity contribution in [3.63, 3.8) is 0 Å². The molecule has 1 N–H and O–H groups in total. The number of halogens is 4. The zero-order chi connectivity index (χ0) is 13.3. The van der Waals surface area contributed by atoms with Gasteiger partial charge in [-0.1, -0.05) is 0 Å². The van der Waals surface area contributed by atoms with Gasteiger partial charge in [0.05, 0.1) is 5.69 Å². The van der Waals surface area contributed by atoms with Gasteiger partial charge in [-0.05, 0) is 6.42 Å². The first kappa shape index (κ1) is 13.4. The van der Waals surface area contributed by atoms with Crippen LogP contribution in [0, 0.1) is 0 Å². The monoisotopic (exact) mass is 281 g/mol. The lowest BCUT2D eigenvalue weighted by molar-refractivity contribution is -0.145. The second-order valence-electron chi connectivity index (χ2n) is 4.05. The number of alkyl halides is 4. The molecule has 2 rings (SSSR count). The summed E-state index contributed by atoms with van der Waals surface area (Å²) < 4.78 is 37.5. The highest BCUT2D eigenvalue weighted by molar-refractivity contribution is 6.18. The normalized spacial score (nSPS) is 16.7. The lowest BCUT2D eigenvalue weighted by Crippen LogP contribution is -2.37. The lowest BCUT2D eigenvalue weighted by Gasteiger charge is -2.26. The lowest BCUT2D eigenvalue weighted by atomic mass is 10.1. The van der Waals surface area contributed by atoms with Crippen molar-refractivity contribution >= 4 is 11.6 Å². The molecule has 0 fully saturated rings. The first-order chi connectivity index (χ1) is 8.41. The maximum absolute atomic E-state index is 12.5. The van der Waals surface area contributed by atoms with E-state index in [0.29, 0.717) is 31.0 Å². The average molecular weight is 282 g/mol. The summed E-state index contributed by atoms with van der Waals surface area (Å²) in [5.41, 5.74) is -0.158. The maximum atomic E-state index is 12.5. The molecule has 1 aromatic rings. The van der Waals surface area contributed by atoms with Gasteiger partial charge in [0.2, 0.25) is 5.82 Å². The van der Waals surface area contributed by atoms with Gasteiger partial charge in [0.15, 0.2) is 0 Å². The number of aromatic amines is 1. The molecule has 0 atom stereocenters. The van der Waals surface area contributed by atoms with Crippen molar-refractivity contribution in [2.24, 2.45) is 0 Å². The van der Waals surface area contributed by atoms with Crippen molar-refractivity contribution in [1.82, 2.24) is 14.9 Å². The van der Waals surface area contributed by atoms with Crippen molar-refractivity contribution in [3.05, 3.63) is 27.4 Å². The van der Waals surface area contributed by atoms with Crippen molar-refractivity contribution < 1.29 is 13.2 Å². The zero-order valence-corrected chi connectivity index (χ0v) is 10.1. The van der Waals surface area contributed by atoms with E-state index in [1.54, 1.807) is 4.98 Å². The molecule has 18 heavy (non-hydrogen) atoms. The van der Waals surface area contributed by atoms with Crippen LogP contribution in [0.1, 0.15) is 17.1 Å². The van der Waals surface area contributed by atoms with Gasteiger partial charge in [-0.15, -0.1) is 11.6 Å². The molecule has 1 aliphatic rings. The minimum Gasteiger partial charge on any atom is -0.303 e. The van der Waals surface area contributed by atoms with Crippen LogP contribution in [0.3, 0.4) is 0 Å². The summed E-state index contributed by atoms with van der Waals surface area (Å²) in [4.78, 5) is 18.7. The third-order valence-electron chi connectivity index (χ3n) is 2.82. The molecule has 0 amide bonds. The summed E-state index contributed by atoms with van der Waals surface area (Å²) in [7, 11) is 0. The summed E-state index contributed by atoms with van der Waals surface area (Å²) in [5.74, 6) is -0.844. The van der Waals surface area contributed by atoms with Crippen molar-refractivity contribution in [1.29, 1.82) is 0 Å². The highest BCUT2D eigenvalue weighted by atomic mass is 35.5. The van der Waals surface area contributed by atoms with Crippen LogP contribution >= 0.6 is 11.6 Å². The van der Waals surface area contributed by atoms with Crippen LogP contribution in [0.4, 0.5) is 13.2 Å². The van der Waals surface area contributed by atoms with E-state index in [4.69, 9.17) is 11.6 Å². The summed E-state index contributed by atoms with van der Waals surface area (Å²) in [6.07, 6.45) is -4.24. The van der Waals surface area contributed by atoms with E-state index < -0.39 is 17.6 Å². The predicted molar refractivity (Wildman–Crippen MR) is 59.6 cm³/mol. The molecular formula is C10H11ClF3N3O. The molecule has 0 saturated carbocycles. The van der Waals surface area contributed by atoms with E-state index in [1.165, 1.54) is 0 Å². The molecule has 0 unspecified atom stereocenters. The number of aromatic nitrogens is 2. The molecule has 1 aromatic heterocycles. The Labute approximate surface area is 106 Å². The van der Waals surface area contributed by atoms with Gasteiger partial charge in [-0.25, -0.2) is 4.98 Å². The van der Waals surface area contributed by atoms with Gasteiger partial charge in [-0.3, -0.25) is 9.69 Å². The van der Waals surface area contributed by atoms with Crippen LogP contribution < -0.4 is 5.56 Å². The summed E-state index contributed by atoms with van der Waals surface area (Å²) in [6.45, 7) is 1.40. The summed E-state index contributed by atoms with van der Waals surface area (Å²) in [5, 5.41) is 0. The highest BCUT2D eigenvalue weighted by Gasteiger charge is 2.35. The molecule has 0 spiro atoms. The Kier molecular flexibility index (Phi) is 3.63.